The van der Waals surface area contributed by atoms with Crippen molar-refractivity contribution in [2.75, 3.05) is 20.6 Å². The molecule has 0 radical (unpaired) electrons. The van der Waals surface area contributed by atoms with Crippen LogP contribution in [0.5, 0.6) is 0 Å². The molecule has 2 aromatic carbocycles. The van der Waals surface area contributed by atoms with Crippen LogP contribution in [-0.4, -0.2) is 25.5 Å². The highest BCUT2D eigenvalue weighted by molar-refractivity contribution is 9.10. The van der Waals surface area contributed by atoms with E-state index in [0.717, 1.165) is 13.1 Å². The summed E-state index contributed by atoms with van der Waals surface area (Å²) >= 11 is 3.55. The second-order valence-electron chi connectivity index (χ2n) is 5.69. The van der Waals surface area contributed by atoms with Crippen molar-refractivity contribution >= 4 is 15.9 Å². The topological polar surface area (TPSA) is 15.3 Å². The average Bonchev–Trinajstić information content (AvgIpc) is 2.47. The molecule has 0 saturated carbocycles. The maximum atomic E-state index is 3.67. The molecule has 21 heavy (non-hydrogen) atoms. The standard InChI is InChI=1S/C18H23BrN2/c1-14-11-15(9-10-17(14)19)12-20-18(13-21(2)3)16-7-5-4-6-8-16/h4-11,18,20H,12-13H2,1-3H3. The van der Waals surface area contributed by atoms with Gasteiger partial charge in [0.15, 0.2) is 0 Å². The third kappa shape index (κ3) is 4.95. The Morgan fingerprint density at radius 3 is 2.43 bits per heavy atom. The summed E-state index contributed by atoms with van der Waals surface area (Å²) in [6.45, 7) is 3.99. The number of rotatable bonds is 6. The van der Waals surface area contributed by atoms with Gasteiger partial charge >= 0.3 is 0 Å². The van der Waals surface area contributed by atoms with Crippen molar-refractivity contribution in [3.05, 3.63) is 69.7 Å². The number of hydrogen-bond donors (Lipinski definition) is 1. The fourth-order valence-electron chi connectivity index (χ4n) is 2.40. The average molecular weight is 347 g/mol. The molecule has 0 spiro atoms. The van der Waals surface area contributed by atoms with Crippen molar-refractivity contribution in [3.8, 4) is 0 Å². The second-order valence-corrected chi connectivity index (χ2v) is 6.54. The first kappa shape index (κ1) is 16.2. The minimum absolute atomic E-state index is 0.338. The summed E-state index contributed by atoms with van der Waals surface area (Å²) < 4.78 is 1.17. The van der Waals surface area contributed by atoms with Gasteiger partial charge in [0.25, 0.3) is 0 Å². The molecule has 2 nitrogen and oxygen atoms in total. The molecule has 1 unspecified atom stereocenters. The van der Waals surface area contributed by atoms with Gasteiger partial charge in [0.2, 0.25) is 0 Å². The summed E-state index contributed by atoms with van der Waals surface area (Å²) in [7, 11) is 4.22. The number of halogens is 1. The fourth-order valence-corrected chi connectivity index (χ4v) is 2.64. The van der Waals surface area contributed by atoms with Crippen molar-refractivity contribution in [3.63, 3.8) is 0 Å². The molecule has 0 bridgehead atoms. The van der Waals surface area contributed by atoms with Crippen molar-refractivity contribution in [1.82, 2.24) is 10.2 Å². The molecule has 0 aliphatic heterocycles. The zero-order valence-corrected chi connectivity index (χ0v) is 14.5. The molecular weight excluding hydrogens is 324 g/mol. The van der Waals surface area contributed by atoms with Gasteiger partial charge in [0, 0.05) is 23.6 Å². The van der Waals surface area contributed by atoms with Crippen LogP contribution in [0.4, 0.5) is 0 Å². The largest absolute Gasteiger partial charge is 0.308 e. The van der Waals surface area contributed by atoms with Crippen LogP contribution in [0.15, 0.2) is 53.0 Å². The number of hydrogen-bond acceptors (Lipinski definition) is 2. The lowest BCUT2D eigenvalue weighted by Crippen LogP contribution is -2.30. The number of benzene rings is 2. The van der Waals surface area contributed by atoms with Crippen molar-refractivity contribution in [2.45, 2.75) is 19.5 Å². The van der Waals surface area contributed by atoms with E-state index in [1.54, 1.807) is 0 Å². The van der Waals surface area contributed by atoms with Gasteiger partial charge in [0.05, 0.1) is 0 Å². The summed E-state index contributed by atoms with van der Waals surface area (Å²) in [5.41, 5.74) is 3.92. The van der Waals surface area contributed by atoms with Crippen LogP contribution < -0.4 is 5.32 Å². The van der Waals surface area contributed by atoms with E-state index in [1.165, 1.54) is 21.2 Å². The Labute approximate surface area is 136 Å². The van der Waals surface area contributed by atoms with Gasteiger partial charge in [-0.2, -0.15) is 0 Å². The van der Waals surface area contributed by atoms with Gasteiger partial charge in [-0.3, -0.25) is 0 Å². The smallest absolute Gasteiger partial charge is 0.0451 e. The van der Waals surface area contributed by atoms with Gasteiger partial charge in [-0.25, -0.2) is 0 Å². The zero-order chi connectivity index (χ0) is 15.2. The molecule has 0 aliphatic rings. The van der Waals surface area contributed by atoms with Crippen molar-refractivity contribution in [2.24, 2.45) is 0 Å². The molecule has 112 valence electrons. The van der Waals surface area contributed by atoms with Crippen molar-refractivity contribution in [1.29, 1.82) is 0 Å². The van der Waals surface area contributed by atoms with E-state index in [9.17, 15) is 0 Å². The zero-order valence-electron chi connectivity index (χ0n) is 12.9. The quantitative estimate of drug-likeness (QED) is 0.845. The summed E-state index contributed by atoms with van der Waals surface area (Å²) in [5, 5.41) is 3.67. The van der Waals surface area contributed by atoms with Crippen LogP contribution in [0.3, 0.4) is 0 Å². The molecule has 1 atom stereocenters. The molecule has 2 aromatic rings. The Balaban J connectivity index is 2.07. The van der Waals surface area contributed by atoms with Crippen LogP contribution in [0.2, 0.25) is 0 Å². The van der Waals surface area contributed by atoms with Crippen LogP contribution in [0, 0.1) is 6.92 Å². The van der Waals surface area contributed by atoms with Gasteiger partial charge in [0.1, 0.15) is 0 Å². The first-order valence-corrected chi connectivity index (χ1v) is 8.03. The van der Waals surface area contributed by atoms with Crippen LogP contribution in [0.1, 0.15) is 22.7 Å². The monoisotopic (exact) mass is 346 g/mol. The lowest BCUT2D eigenvalue weighted by Gasteiger charge is -2.23. The Bertz CT molecular complexity index is 567. The molecule has 0 aliphatic carbocycles. The molecule has 1 N–H and O–H groups in total. The van der Waals surface area contributed by atoms with Gasteiger partial charge in [-0.1, -0.05) is 58.4 Å². The number of likely N-dealkylation sites (N-methyl/N-ethyl adjacent to an activating group) is 1. The van der Waals surface area contributed by atoms with E-state index in [1.807, 2.05) is 0 Å². The summed E-state index contributed by atoms with van der Waals surface area (Å²) in [6.07, 6.45) is 0. The van der Waals surface area contributed by atoms with E-state index in [4.69, 9.17) is 0 Å². The predicted molar refractivity (Wildman–Crippen MR) is 93.5 cm³/mol. The van der Waals surface area contributed by atoms with Crippen LogP contribution >= 0.6 is 15.9 Å². The van der Waals surface area contributed by atoms with Gasteiger partial charge in [-0.05, 0) is 43.8 Å². The van der Waals surface area contributed by atoms with E-state index in [2.05, 4.69) is 95.7 Å². The van der Waals surface area contributed by atoms with Gasteiger partial charge in [-0.15, -0.1) is 0 Å². The summed E-state index contributed by atoms with van der Waals surface area (Å²) in [4.78, 5) is 2.22. The van der Waals surface area contributed by atoms with E-state index in [0.29, 0.717) is 6.04 Å². The molecule has 2 rings (SSSR count). The highest BCUT2D eigenvalue weighted by atomic mass is 79.9. The van der Waals surface area contributed by atoms with Crippen molar-refractivity contribution < 1.29 is 0 Å². The Morgan fingerprint density at radius 2 is 1.81 bits per heavy atom. The third-order valence-corrected chi connectivity index (χ3v) is 4.41. The molecule has 0 heterocycles. The Kier molecular flexibility index (Phi) is 5.97. The molecule has 0 fully saturated rings. The Morgan fingerprint density at radius 1 is 1.10 bits per heavy atom. The first-order valence-electron chi connectivity index (χ1n) is 7.24. The number of nitrogens with zero attached hydrogens (tertiary/aromatic N) is 1. The molecule has 0 amide bonds. The number of nitrogens with one attached hydrogen (secondary N) is 1. The molecule has 0 aromatic heterocycles. The number of aryl methyl sites for hydroxylation is 1. The molecule has 3 heteroatoms. The fraction of sp³-hybridized carbons (Fsp3) is 0.333. The normalized spacial score (nSPS) is 12.6. The molecular formula is C18H23BrN2. The van der Waals surface area contributed by atoms with Crippen LogP contribution in [0.25, 0.3) is 0 Å². The third-order valence-electron chi connectivity index (χ3n) is 3.52. The minimum atomic E-state index is 0.338. The van der Waals surface area contributed by atoms with Gasteiger partial charge < -0.3 is 10.2 Å². The van der Waals surface area contributed by atoms with E-state index >= 15 is 0 Å². The van der Waals surface area contributed by atoms with E-state index in [-0.39, 0.29) is 0 Å². The first-order chi connectivity index (χ1) is 10.1. The van der Waals surface area contributed by atoms with Crippen LogP contribution in [-0.2, 0) is 6.54 Å². The predicted octanol–water partition coefficient (Wildman–Crippen LogP) is 4.15. The highest BCUT2D eigenvalue weighted by Crippen LogP contribution is 2.18. The minimum Gasteiger partial charge on any atom is -0.308 e. The second kappa shape index (κ2) is 7.74. The SMILES string of the molecule is Cc1cc(CNC(CN(C)C)c2ccccc2)ccc1Br. The lowest BCUT2D eigenvalue weighted by molar-refractivity contribution is 0.340. The summed E-state index contributed by atoms with van der Waals surface area (Å²) in [5.74, 6) is 0. The van der Waals surface area contributed by atoms with E-state index < -0.39 is 0 Å². The Hall–Kier alpha value is -1.16. The maximum Gasteiger partial charge on any atom is 0.0451 e. The maximum absolute atomic E-state index is 3.67. The highest BCUT2D eigenvalue weighted by Gasteiger charge is 2.11. The molecule has 0 saturated heterocycles. The lowest BCUT2D eigenvalue weighted by atomic mass is 10.1. The summed E-state index contributed by atoms with van der Waals surface area (Å²) in [6, 6.07) is 17.5.